The van der Waals surface area contributed by atoms with Gasteiger partial charge in [0.2, 0.25) is 0 Å². The molecule has 1 amide bonds. The lowest BCUT2D eigenvalue weighted by Gasteiger charge is -2.24. The van der Waals surface area contributed by atoms with Gasteiger partial charge in [0, 0.05) is 18.8 Å². The Hall–Kier alpha value is -2.34. The van der Waals surface area contributed by atoms with Crippen molar-refractivity contribution in [2.24, 2.45) is 0 Å². The van der Waals surface area contributed by atoms with Crippen LogP contribution in [0, 0.1) is 20.8 Å². The van der Waals surface area contributed by atoms with Gasteiger partial charge < -0.3 is 19.5 Å². The first-order valence-electron chi connectivity index (χ1n) is 8.49. The predicted octanol–water partition coefficient (Wildman–Crippen LogP) is 2.30. The summed E-state index contributed by atoms with van der Waals surface area (Å²) in [6.45, 7) is 7.94. The van der Waals surface area contributed by atoms with Crippen molar-refractivity contribution in [3.8, 4) is 5.75 Å². The molecular weight excluding hydrogens is 316 g/mol. The number of hydrogen-bond donors (Lipinski definition) is 1. The molecule has 0 aliphatic heterocycles. The Labute approximate surface area is 149 Å². The van der Waals surface area contributed by atoms with Crippen LogP contribution in [-0.4, -0.2) is 59.5 Å². The summed E-state index contributed by atoms with van der Waals surface area (Å²) in [5.41, 5.74) is 4.09. The largest absolute Gasteiger partial charge is 0.483 e. The average Bonchev–Trinajstić information content (AvgIpc) is 2.97. The van der Waals surface area contributed by atoms with E-state index in [1.165, 1.54) is 0 Å². The quantitative estimate of drug-likeness (QED) is 0.798. The van der Waals surface area contributed by atoms with Crippen LogP contribution in [0.2, 0.25) is 0 Å². The average molecular weight is 344 g/mol. The topological polar surface area (TPSA) is 61.5 Å². The van der Waals surface area contributed by atoms with Crippen LogP contribution < -0.4 is 4.74 Å². The summed E-state index contributed by atoms with van der Waals surface area (Å²) in [5, 5.41) is 0. The number of carbonyl (C=O) groups is 1. The van der Waals surface area contributed by atoms with Gasteiger partial charge in [-0.1, -0.05) is 12.1 Å². The highest BCUT2D eigenvalue weighted by Gasteiger charge is 2.17. The van der Waals surface area contributed by atoms with Gasteiger partial charge in [-0.15, -0.1) is 0 Å². The molecule has 0 spiro atoms. The smallest absolute Gasteiger partial charge is 0.260 e. The highest BCUT2D eigenvalue weighted by Crippen LogP contribution is 2.20. The van der Waals surface area contributed by atoms with Crippen LogP contribution >= 0.6 is 0 Å². The number of amides is 1. The molecule has 0 unspecified atom stereocenters. The van der Waals surface area contributed by atoms with Crippen molar-refractivity contribution >= 4 is 5.91 Å². The Balaban J connectivity index is 2.03. The number of aromatic amines is 1. The van der Waals surface area contributed by atoms with Crippen molar-refractivity contribution in [3.63, 3.8) is 0 Å². The number of benzene rings is 1. The van der Waals surface area contributed by atoms with E-state index in [2.05, 4.69) is 14.9 Å². The molecule has 6 heteroatoms. The highest BCUT2D eigenvalue weighted by molar-refractivity contribution is 5.77. The van der Waals surface area contributed by atoms with Gasteiger partial charge in [-0.05, 0) is 52.1 Å². The highest BCUT2D eigenvalue weighted by atomic mass is 16.5. The lowest BCUT2D eigenvalue weighted by Crippen LogP contribution is -2.39. The molecule has 25 heavy (non-hydrogen) atoms. The van der Waals surface area contributed by atoms with E-state index in [9.17, 15) is 4.79 Å². The van der Waals surface area contributed by atoms with E-state index in [1.54, 1.807) is 11.2 Å². The van der Waals surface area contributed by atoms with E-state index in [1.807, 2.05) is 53.1 Å². The van der Waals surface area contributed by atoms with Gasteiger partial charge in [0.25, 0.3) is 5.91 Å². The first-order valence-corrected chi connectivity index (χ1v) is 8.49. The molecule has 2 rings (SSSR count). The summed E-state index contributed by atoms with van der Waals surface area (Å²) in [5.74, 6) is 0.724. The number of likely N-dealkylation sites (N-methyl/N-ethyl adjacent to an activating group) is 1. The number of hydrogen-bond acceptors (Lipinski definition) is 4. The second kappa shape index (κ2) is 8.67. The minimum Gasteiger partial charge on any atom is -0.483 e. The zero-order valence-corrected chi connectivity index (χ0v) is 15.8. The maximum absolute atomic E-state index is 12.7. The van der Waals surface area contributed by atoms with Gasteiger partial charge >= 0.3 is 0 Å². The van der Waals surface area contributed by atoms with Gasteiger partial charge in [0.1, 0.15) is 5.75 Å². The minimum atomic E-state index is -0.0369. The minimum absolute atomic E-state index is 0.0290. The Kier molecular flexibility index (Phi) is 6.58. The van der Waals surface area contributed by atoms with Crippen LogP contribution in [0.15, 0.2) is 24.5 Å². The van der Waals surface area contributed by atoms with Crippen LogP contribution in [0.25, 0.3) is 0 Å². The van der Waals surface area contributed by atoms with Crippen LogP contribution in [0.1, 0.15) is 22.5 Å². The summed E-state index contributed by atoms with van der Waals surface area (Å²) < 4.78 is 5.78. The number of carbonyl (C=O) groups excluding carboxylic acids is 1. The molecule has 1 aromatic carbocycles. The molecule has 1 aromatic heterocycles. The second-order valence-corrected chi connectivity index (χ2v) is 6.58. The van der Waals surface area contributed by atoms with Crippen molar-refractivity contribution in [1.29, 1.82) is 0 Å². The first kappa shape index (κ1) is 19.0. The summed E-state index contributed by atoms with van der Waals surface area (Å²) in [6.07, 6.45) is 1.66. The number of nitrogens with one attached hydrogen (secondary N) is 1. The van der Waals surface area contributed by atoms with Crippen LogP contribution in [0.4, 0.5) is 0 Å². The molecule has 6 nitrogen and oxygen atoms in total. The Morgan fingerprint density at radius 3 is 2.60 bits per heavy atom. The molecule has 0 fully saturated rings. The van der Waals surface area contributed by atoms with Crippen LogP contribution in [0.5, 0.6) is 5.75 Å². The SMILES string of the molecule is Cc1cccc(OCC(=O)N(CCN(C)C)Cc2nc[nH]c2C)c1C. The Bertz CT molecular complexity index is 709. The number of imidazole rings is 1. The van der Waals surface area contributed by atoms with Crippen molar-refractivity contribution in [3.05, 3.63) is 47.0 Å². The molecule has 1 N–H and O–H groups in total. The second-order valence-electron chi connectivity index (χ2n) is 6.58. The fourth-order valence-corrected chi connectivity index (χ4v) is 2.45. The maximum Gasteiger partial charge on any atom is 0.260 e. The van der Waals surface area contributed by atoms with E-state index in [-0.39, 0.29) is 12.5 Å². The van der Waals surface area contributed by atoms with Gasteiger partial charge in [0.15, 0.2) is 6.61 Å². The van der Waals surface area contributed by atoms with Crippen LogP contribution in [-0.2, 0) is 11.3 Å². The third kappa shape index (κ3) is 5.32. The molecule has 0 atom stereocenters. The molecule has 0 radical (unpaired) electrons. The van der Waals surface area contributed by atoms with Crippen molar-refractivity contribution < 1.29 is 9.53 Å². The van der Waals surface area contributed by atoms with E-state index in [4.69, 9.17) is 4.74 Å². The molecule has 1 heterocycles. The molecular formula is C19H28N4O2. The number of ether oxygens (including phenoxy) is 1. The standard InChI is InChI=1S/C19H28N4O2/c1-14-7-6-8-18(15(14)2)25-12-19(24)23(10-9-22(4)5)11-17-16(3)20-13-21-17/h6-8,13H,9-12H2,1-5H3,(H,20,21). The number of rotatable bonds is 8. The van der Waals surface area contributed by atoms with Crippen molar-refractivity contribution in [2.45, 2.75) is 27.3 Å². The van der Waals surface area contributed by atoms with Gasteiger partial charge in [-0.25, -0.2) is 4.98 Å². The van der Waals surface area contributed by atoms with E-state index in [0.29, 0.717) is 13.1 Å². The van der Waals surface area contributed by atoms with Crippen molar-refractivity contribution in [2.75, 3.05) is 33.8 Å². The normalized spacial score (nSPS) is 11.0. The van der Waals surface area contributed by atoms with E-state index >= 15 is 0 Å². The monoisotopic (exact) mass is 344 g/mol. The maximum atomic E-state index is 12.7. The van der Waals surface area contributed by atoms with Gasteiger partial charge in [-0.3, -0.25) is 4.79 Å². The third-order valence-corrected chi connectivity index (χ3v) is 4.35. The molecule has 2 aromatic rings. The third-order valence-electron chi connectivity index (χ3n) is 4.35. The van der Waals surface area contributed by atoms with Crippen molar-refractivity contribution in [1.82, 2.24) is 19.8 Å². The van der Waals surface area contributed by atoms with Gasteiger partial charge in [-0.2, -0.15) is 0 Å². The molecule has 0 aliphatic carbocycles. The number of H-pyrrole nitrogens is 1. The number of aromatic nitrogens is 2. The number of nitrogens with zero attached hydrogens (tertiary/aromatic N) is 3. The zero-order chi connectivity index (χ0) is 18.4. The molecule has 0 bridgehead atoms. The van der Waals surface area contributed by atoms with E-state index < -0.39 is 0 Å². The Morgan fingerprint density at radius 1 is 1.20 bits per heavy atom. The first-order chi connectivity index (χ1) is 11.9. The molecule has 0 saturated carbocycles. The van der Waals surface area contributed by atoms with E-state index in [0.717, 1.165) is 34.8 Å². The lowest BCUT2D eigenvalue weighted by molar-refractivity contribution is -0.134. The summed E-state index contributed by atoms with van der Waals surface area (Å²) in [4.78, 5) is 23.9. The van der Waals surface area contributed by atoms with Gasteiger partial charge in [0.05, 0.1) is 18.6 Å². The Morgan fingerprint density at radius 2 is 1.96 bits per heavy atom. The summed E-state index contributed by atoms with van der Waals surface area (Å²) >= 11 is 0. The fraction of sp³-hybridized carbons (Fsp3) is 0.474. The fourth-order valence-electron chi connectivity index (χ4n) is 2.45. The molecule has 0 aliphatic rings. The molecule has 136 valence electrons. The zero-order valence-electron chi connectivity index (χ0n) is 15.8. The molecule has 0 saturated heterocycles. The number of aryl methyl sites for hydroxylation is 2. The van der Waals surface area contributed by atoms with Crippen LogP contribution in [0.3, 0.4) is 0 Å². The predicted molar refractivity (Wildman–Crippen MR) is 98.7 cm³/mol. The summed E-state index contributed by atoms with van der Waals surface area (Å²) in [6, 6.07) is 5.88. The lowest BCUT2D eigenvalue weighted by atomic mass is 10.1. The summed E-state index contributed by atoms with van der Waals surface area (Å²) in [7, 11) is 3.99.